The number of amides is 1. The summed E-state index contributed by atoms with van der Waals surface area (Å²) in [6.07, 6.45) is 1.26. The van der Waals surface area contributed by atoms with Crippen molar-refractivity contribution in [3.05, 3.63) is 35.4 Å². The maximum absolute atomic E-state index is 12.2. The molecular formula is C16H21NO3. The molecule has 0 aliphatic heterocycles. The summed E-state index contributed by atoms with van der Waals surface area (Å²) in [7, 11) is 0. The normalized spacial score (nSPS) is 18.9. The molecule has 0 unspecified atom stereocenters. The lowest BCUT2D eigenvalue weighted by atomic mass is 10.0. The standard InChI is InChI=1S/C16H21NO3/c1-16(2,3)20-15(19)17-13-9-8-11-6-4-5-7-12(11)10-14(13)18/h4-7,13H,8-10H2,1-3H3,(H,17,19)/t13-/m1/s1. The summed E-state index contributed by atoms with van der Waals surface area (Å²) in [6, 6.07) is 7.47. The van der Waals surface area contributed by atoms with Crippen LogP contribution in [0.25, 0.3) is 0 Å². The lowest BCUT2D eigenvalue weighted by Crippen LogP contribution is -2.43. The van der Waals surface area contributed by atoms with Gasteiger partial charge in [-0.1, -0.05) is 24.3 Å². The molecule has 1 N–H and O–H groups in total. The van der Waals surface area contributed by atoms with E-state index in [9.17, 15) is 9.59 Å². The van der Waals surface area contributed by atoms with Crippen molar-refractivity contribution in [3.63, 3.8) is 0 Å². The Morgan fingerprint density at radius 3 is 2.55 bits per heavy atom. The molecule has 1 aromatic rings. The van der Waals surface area contributed by atoms with Gasteiger partial charge in [0.1, 0.15) is 5.60 Å². The molecular weight excluding hydrogens is 254 g/mol. The van der Waals surface area contributed by atoms with Gasteiger partial charge in [0.2, 0.25) is 0 Å². The molecule has 0 spiro atoms. The lowest BCUT2D eigenvalue weighted by molar-refractivity contribution is -0.120. The summed E-state index contributed by atoms with van der Waals surface area (Å²) < 4.78 is 5.20. The third-order valence-electron chi connectivity index (χ3n) is 3.27. The number of aryl methyl sites for hydroxylation is 1. The topological polar surface area (TPSA) is 55.4 Å². The van der Waals surface area contributed by atoms with E-state index in [1.54, 1.807) is 20.8 Å². The number of ether oxygens (including phenoxy) is 1. The van der Waals surface area contributed by atoms with Crippen LogP contribution in [0.4, 0.5) is 4.79 Å². The van der Waals surface area contributed by atoms with E-state index in [0.29, 0.717) is 12.8 Å². The SMILES string of the molecule is CC(C)(C)OC(=O)N[C@@H]1CCc2ccccc2CC1=O. The fraction of sp³-hybridized carbons (Fsp3) is 0.500. The third kappa shape index (κ3) is 3.83. The molecule has 0 fully saturated rings. The van der Waals surface area contributed by atoms with Crippen molar-refractivity contribution < 1.29 is 14.3 Å². The third-order valence-corrected chi connectivity index (χ3v) is 3.27. The van der Waals surface area contributed by atoms with Crippen LogP contribution in [0.3, 0.4) is 0 Å². The van der Waals surface area contributed by atoms with Gasteiger partial charge in [-0.05, 0) is 44.7 Å². The Morgan fingerprint density at radius 1 is 1.25 bits per heavy atom. The average Bonchev–Trinajstić information content (AvgIpc) is 2.47. The maximum atomic E-state index is 12.2. The van der Waals surface area contributed by atoms with Crippen LogP contribution < -0.4 is 5.32 Å². The molecule has 1 aliphatic carbocycles. The number of benzene rings is 1. The quantitative estimate of drug-likeness (QED) is 0.802. The summed E-state index contributed by atoms with van der Waals surface area (Å²) in [4.78, 5) is 24.0. The molecule has 1 aromatic carbocycles. The minimum absolute atomic E-state index is 0.0424. The van der Waals surface area contributed by atoms with E-state index in [1.165, 1.54) is 5.56 Å². The van der Waals surface area contributed by atoms with Crippen LogP contribution in [-0.2, 0) is 22.4 Å². The predicted octanol–water partition coefficient (Wildman–Crippen LogP) is 2.64. The van der Waals surface area contributed by atoms with Crippen molar-refractivity contribution in [3.8, 4) is 0 Å². The molecule has 20 heavy (non-hydrogen) atoms. The Kier molecular flexibility index (Phi) is 4.12. The summed E-state index contributed by atoms with van der Waals surface area (Å²) >= 11 is 0. The number of nitrogens with one attached hydrogen (secondary N) is 1. The summed E-state index contributed by atoms with van der Waals surface area (Å²) in [5.74, 6) is 0.0424. The second-order valence-corrected chi connectivity index (χ2v) is 6.15. The summed E-state index contributed by atoms with van der Waals surface area (Å²) in [5.41, 5.74) is 1.70. The number of ketones is 1. The molecule has 0 aromatic heterocycles. The van der Waals surface area contributed by atoms with Crippen LogP contribution in [0.15, 0.2) is 24.3 Å². The van der Waals surface area contributed by atoms with Crippen LogP contribution in [0.5, 0.6) is 0 Å². The zero-order chi connectivity index (χ0) is 14.8. The number of carbonyl (C=O) groups is 2. The Hall–Kier alpha value is -1.84. The highest BCUT2D eigenvalue weighted by Crippen LogP contribution is 2.19. The van der Waals surface area contributed by atoms with Gasteiger partial charge in [-0.25, -0.2) is 4.79 Å². The fourth-order valence-corrected chi connectivity index (χ4v) is 2.35. The second kappa shape index (κ2) is 5.65. The van der Waals surface area contributed by atoms with E-state index < -0.39 is 17.7 Å². The smallest absolute Gasteiger partial charge is 0.408 e. The van der Waals surface area contributed by atoms with Crippen LogP contribution >= 0.6 is 0 Å². The second-order valence-electron chi connectivity index (χ2n) is 6.15. The van der Waals surface area contributed by atoms with Crippen molar-refractivity contribution in [2.75, 3.05) is 0 Å². The largest absolute Gasteiger partial charge is 0.444 e. The molecule has 4 heteroatoms. The first kappa shape index (κ1) is 14.6. The first-order valence-electron chi connectivity index (χ1n) is 6.94. The first-order chi connectivity index (χ1) is 9.35. The van der Waals surface area contributed by atoms with Gasteiger partial charge in [0.05, 0.1) is 6.04 Å². The van der Waals surface area contributed by atoms with Crippen molar-refractivity contribution in [1.82, 2.24) is 5.32 Å². The molecule has 0 saturated carbocycles. The highest BCUT2D eigenvalue weighted by molar-refractivity contribution is 5.89. The van der Waals surface area contributed by atoms with Crippen LogP contribution in [0.1, 0.15) is 38.3 Å². The van der Waals surface area contributed by atoms with Gasteiger partial charge in [0, 0.05) is 6.42 Å². The Labute approximate surface area is 119 Å². The Bertz CT molecular complexity index is 517. The number of fused-ring (bicyclic) bond motifs is 1. The molecule has 1 amide bonds. The molecule has 2 rings (SSSR count). The van der Waals surface area contributed by atoms with Crippen molar-refractivity contribution in [1.29, 1.82) is 0 Å². The molecule has 4 nitrogen and oxygen atoms in total. The number of rotatable bonds is 1. The maximum Gasteiger partial charge on any atom is 0.408 e. The monoisotopic (exact) mass is 275 g/mol. The van der Waals surface area contributed by atoms with Gasteiger partial charge in [0.25, 0.3) is 0 Å². The van der Waals surface area contributed by atoms with E-state index >= 15 is 0 Å². The van der Waals surface area contributed by atoms with E-state index in [1.807, 2.05) is 24.3 Å². The number of alkyl carbamates (subject to hydrolysis) is 1. The molecule has 1 aliphatic rings. The van der Waals surface area contributed by atoms with Crippen molar-refractivity contribution in [2.45, 2.75) is 51.7 Å². The van der Waals surface area contributed by atoms with Gasteiger partial charge in [-0.15, -0.1) is 0 Å². The van der Waals surface area contributed by atoms with Gasteiger partial charge in [-0.2, -0.15) is 0 Å². The van der Waals surface area contributed by atoms with Gasteiger partial charge in [-0.3, -0.25) is 4.79 Å². The molecule has 0 bridgehead atoms. The molecule has 0 heterocycles. The highest BCUT2D eigenvalue weighted by atomic mass is 16.6. The molecule has 0 saturated heterocycles. The van der Waals surface area contributed by atoms with Crippen molar-refractivity contribution in [2.24, 2.45) is 0 Å². The molecule has 0 radical (unpaired) electrons. The van der Waals surface area contributed by atoms with Gasteiger partial charge >= 0.3 is 6.09 Å². The molecule has 108 valence electrons. The predicted molar refractivity (Wildman–Crippen MR) is 76.6 cm³/mol. The first-order valence-corrected chi connectivity index (χ1v) is 6.94. The minimum Gasteiger partial charge on any atom is -0.444 e. The Morgan fingerprint density at radius 2 is 1.90 bits per heavy atom. The van der Waals surface area contributed by atoms with Crippen molar-refractivity contribution >= 4 is 11.9 Å². The molecule has 1 atom stereocenters. The Balaban J connectivity index is 2.02. The van der Waals surface area contributed by atoms with E-state index in [0.717, 1.165) is 12.0 Å². The highest BCUT2D eigenvalue weighted by Gasteiger charge is 2.27. The zero-order valence-electron chi connectivity index (χ0n) is 12.2. The van der Waals surface area contributed by atoms with E-state index in [4.69, 9.17) is 4.74 Å². The number of carbonyl (C=O) groups excluding carboxylic acids is 2. The van der Waals surface area contributed by atoms with Crippen LogP contribution in [0.2, 0.25) is 0 Å². The van der Waals surface area contributed by atoms with E-state index in [2.05, 4.69) is 5.32 Å². The number of hydrogen-bond acceptors (Lipinski definition) is 3. The summed E-state index contributed by atoms with van der Waals surface area (Å²) in [6.45, 7) is 5.41. The lowest BCUT2D eigenvalue weighted by Gasteiger charge is -2.22. The van der Waals surface area contributed by atoms with E-state index in [-0.39, 0.29) is 5.78 Å². The van der Waals surface area contributed by atoms with Gasteiger partial charge in [0.15, 0.2) is 5.78 Å². The van der Waals surface area contributed by atoms with Gasteiger partial charge < -0.3 is 10.1 Å². The average molecular weight is 275 g/mol. The van der Waals surface area contributed by atoms with Crippen LogP contribution in [0, 0.1) is 0 Å². The number of Topliss-reactive ketones (excluding diaryl/α,β-unsaturated/α-hetero) is 1. The minimum atomic E-state index is -0.555. The number of hydrogen-bond donors (Lipinski definition) is 1. The summed E-state index contributed by atoms with van der Waals surface area (Å²) in [5, 5.41) is 2.69. The zero-order valence-corrected chi connectivity index (χ0v) is 12.2. The van der Waals surface area contributed by atoms with Crippen LogP contribution in [-0.4, -0.2) is 23.5 Å². The fourth-order valence-electron chi connectivity index (χ4n) is 2.35.